The molecule has 0 spiro atoms. The highest BCUT2D eigenvalue weighted by molar-refractivity contribution is 7.99. The van der Waals surface area contributed by atoms with Gasteiger partial charge in [-0.25, -0.2) is 0 Å². The van der Waals surface area contributed by atoms with E-state index in [1.807, 2.05) is 0 Å². The molecule has 18 heavy (non-hydrogen) atoms. The van der Waals surface area contributed by atoms with Crippen LogP contribution in [0, 0.1) is 0 Å². The van der Waals surface area contributed by atoms with Crippen molar-refractivity contribution >= 4 is 11.8 Å². The molecule has 0 aromatic heterocycles. The second kappa shape index (κ2) is 10.1. The van der Waals surface area contributed by atoms with Gasteiger partial charge in [0, 0.05) is 12.1 Å². The van der Waals surface area contributed by atoms with Crippen molar-refractivity contribution in [3.8, 4) is 0 Å². The van der Waals surface area contributed by atoms with Crippen LogP contribution in [0.15, 0.2) is 0 Å². The van der Waals surface area contributed by atoms with Crippen LogP contribution in [0.25, 0.3) is 0 Å². The van der Waals surface area contributed by atoms with Gasteiger partial charge in [-0.15, -0.1) is 0 Å². The van der Waals surface area contributed by atoms with Crippen LogP contribution in [0.4, 0.5) is 0 Å². The quantitative estimate of drug-likeness (QED) is 0.682. The molecule has 0 amide bonds. The van der Waals surface area contributed by atoms with Gasteiger partial charge in [-0.05, 0) is 70.2 Å². The number of likely N-dealkylation sites (tertiary alicyclic amines) is 1. The largest absolute Gasteiger partial charge is 0.311 e. The van der Waals surface area contributed by atoms with E-state index in [1.165, 1.54) is 63.2 Å². The molecule has 1 aliphatic rings. The van der Waals surface area contributed by atoms with Gasteiger partial charge in [0.15, 0.2) is 0 Å². The Labute approximate surface area is 118 Å². The number of nitrogens with one attached hydrogen (secondary N) is 1. The van der Waals surface area contributed by atoms with E-state index in [9.17, 15) is 0 Å². The Hall–Kier alpha value is 0.270. The molecule has 0 radical (unpaired) electrons. The van der Waals surface area contributed by atoms with Crippen molar-refractivity contribution in [1.29, 1.82) is 0 Å². The monoisotopic (exact) mass is 272 g/mol. The smallest absolute Gasteiger partial charge is 0.00821 e. The van der Waals surface area contributed by atoms with Gasteiger partial charge in [-0.3, -0.25) is 0 Å². The van der Waals surface area contributed by atoms with Crippen LogP contribution in [0.2, 0.25) is 0 Å². The number of nitrogens with zero attached hydrogens (tertiary/aromatic N) is 1. The molecule has 0 aliphatic carbocycles. The highest BCUT2D eigenvalue weighted by Gasteiger charge is 2.17. The topological polar surface area (TPSA) is 15.3 Å². The fraction of sp³-hybridized carbons (Fsp3) is 1.00. The highest BCUT2D eigenvalue weighted by atomic mass is 32.2. The van der Waals surface area contributed by atoms with E-state index in [0.29, 0.717) is 6.04 Å². The lowest BCUT2D eigenvalue weighted by Crippen LogP contribution is -2.37. The maximum atomic E-state index is 3.84. The van der Waals surface area contributed by atoms with Gasteiger partial charge in [-0.1, -0.05) is 13.8 Å². The lowest BCUT2D eigenvalue weighted by Gasteiger charge is -2.22. The summed E-state index contributed by atoms with van der Waals surface area (Å²) >= 11 is 2.06. The normalized spacial score (nSPS) is 23.8. The minimum Gasteiger partial charge on any atom is -0.311 e. The summed E-state index contributed by atoms with van der Waals surface area (Å²) in [6.07, 6.45) is 6.68. The molecular formula is C15H32N2S. The average Bonchev–Trinajstić information content (AvgIpc) is 2.56. The summed E-state index contributed by atoms with van der Waals surface area (Å²) in [6, 6.07) is 1.44. The molecular weight excluding hydrogens is 240 g/mol. The molecule has 108 valence electrons. The van der Waals surface area contributed by atoms with Gasteiger partial charge in [0.05, 0.1) is 0 Å². The molecule has 0 aromatic rings. The maximum Gasteiger partial charge on any atom is 0.00821 e. The van der Waals surface area contributed by atoms with Crippen LogP contribution in [-0.2, 0) is 0 Å². The average molecular weight is 273 g/mol. The summed E-state index contributed by atoms with van der Waals surface area (Å²) in [5.74, 6) is 2.56. The Morgan fingerprint density at radius 3 is 2.83 bits per heavy atom. The van der Waals surface area contributed by atoms with E-state index in [1.54, 1.807) is 0 Å². The van der Waals surface area contributed by atoms with Gasteiger partial charge in [0.1, 0.15) is 0 Å². The lowest BCUT2D eigenvalue weighted by molar-refractivity contribution is 0.281. The predicted octanol–water partition coefficient (Wildman–Crippen LogP) is 3.37. The minimum absolute atomic E-state index is 0.687. The van der Waals surface area contributed by atoms with Crippen LogP contribution in [0.1, 0.15) is 52.9 Å². The van der Waals surface area contributed by atoms with Crippen molar-refractivity contribution in [2.45, 2.75) is 65.0 Å². The van der Waals surface area contributed by atoms with E-state index < -0.39 is 0 Å². The van der Waals surface area contributed by atoms with E-state index >= 15 is 0 Å². The van der Waals surface area contributed by atoms with Crippen LogP contribution in [-0.4, -0.2) is 48.1 Å². The third-order valence-corrected chi connectivity index (χ3v) is 4.71. The first kappa shape index (κ1) is 16.3. The second-order valence-corrected chi connectivity index (χ2v) is 6.92. The summed E-state index contributed by atoms with van der Waals surface area (Å²) in [7, 11) is 0. The zero-order chi connectivity index (χ0) is 13.2. The molecule has 0 saturated carbocycles. The standard InChI is InChI=1S/C15H32N2S/c1-4-10-17-11-6-7-15(8-12-17)16-14(3)9-13-18-5-2/h14-16H,4-13H2,1-3H3. The first-order valence-electron chi connectivity index (χ1n) is 7.82. The summed E-state index contributed by atoms with van der Waals surface area (Å²) in [4.78, 5) is 2.64. The predicted molar refractivity (Wildman–Crippen MR) is 84.6 cm³/mol. The van der Waals surface area contributed by atoms with Crippen LogP contribution >= 0.6 is 11.8 Å². The summed E-state index contributed by atoms with van der Waals surface area (Å²) in [5, 5.41) is 3.84. The first-order chi connectivity index (χ1) is 8.76. The highest BCUT2D eigenvalue weighted by Crippen LogP contribution is 2.13. The number of thioether (sulfide) groups is 1. The van der Waals surface area contributed by atoms with E-state index in [2.05, 4.69) is 42.7 Å². The molecule has 1 heterocycles. The molecule has 1 aliphatic heterocycles. The van der Waals surface area contributed by atoms with Crippen molar-refractivity contribution in [3.05, 3.63) is 0 Å². The van der Waals surface area contributed by atoms with Gasteiger partial charge in [0.2, 0.25) is 0 Å². The fourth-order valence-electron chi connectivity index (χ4n) is 2.75. The zero-order valence-electron chi connectivity index (χ0n) is 12.6. The van der Waals surface area contributed by atoms with Crippen molar-refractivity contribution in [2.24, 2.45) is 0 Å². The zero-order valence-corrected chi connectivity index (χ0v) is 13.4. The Balaban J connectivity index is 2.17. The number of hydrogen-bond donors (Lipinski definition) is 1. The summed E-state index contributed by atoms with van der Waals surface area (Å²) < 4.78 is 0. The van der Waals surface area contributed by atoms with Gasteiger partial charge >= 0.3 is 0 Å². The van der Waals surface area contributed by atoms with E-state index in [-0.39, 0.29) is 0 Å². The van der Waals surface area contributed by atoms with Crippen molar-refractivity contribution in [2.75, 3.05) is 31.1 Å². The second-order valence-electron chi connectivity index (χ2n) is 5.52. The Kier molecular flexibility index (Phi) is 9.16. The summed E-state index contributed by atoms with van der Waals surface area (Å²) in [5.41, 5.74) is 0. The molecule has 1 saturated heterocycles. The van der Waals surface area contributed by atoms with Gasteiger partial charge in [-0.2, -0.15) is 11.8 Å². The number of rotatable bonds is 8. The molecule has 1 rings (SSSR count). The molecule has 1 fully saturated rings. The van der Waals surface area contributed by atoms with Gasteiger partial charge < -0.3 is 10.2 Å². The molecule has 2 atom stereocenters. The molecule has 2 unspecified atom stereocenters. The van der Waals surface area contributed by atoms with E-state index in [0.717, 1.165) is 6.04 Å². The van der Waals surface area contributed by atoms with Crippen LogP contribution in [0.3, 0.4) is 0 Å². The molecule has 1 N–H and O–H groups in total. The maximum absolute atomic E-state index is 3.84. The Morgan fingerprint density at radius 2 is 2.11 bits per heavy atom. The third-order valence-electron chi connectivity index (χ3n) is 3.78. The van der Waals surface area contributed by atoms with Crippen molar-refractivity contribution < 1.29 is 0 Å². The first-order valence-corrected chi connectivity index (χ1v) is 8.97. The Bertz CT molecular complexity index is 199. The summed E-state index contributed by atoms with van der Waals surface area (Å²) in [6.45, 7) is 10.8. The fourth-order valence-corrected chi connectivity index (χ4v) is 3.56. The van der Waals surface area contributed by atoms with Crippen molar-refractivity contribution in [1.82, 2.24) is 10.2 Å². The molecule has 0 aromatic carbocycles. The molecule has 2 nitrogen and oxygen atoms in total. The SMILES string of the molecule is CCCN1CCCC(NC(C)CCSCC)CC1. The minimum atomic E-state index is 0.687. The molecule has 0 bridgehead atoms. The number of hydrogen-bond acceptors (Lipinski definition) is 3. The lowest BCUT2D eigenvalue weighted by atomic mass is 10.1. The third kappa shape index (κ3) is 7.01. The van der Waals surface area contributed by atoms with Crippen LogP contribution in [0.5, 0.6) is 0 Å². The molecule has 3 heteroatoms. The van der Waals surface area contributed by atoms with Crippen LogP contribution < -0.4 is 5.32 Å². The van der Waals surface area contributed by atoms with Crippen molar-refractivity contribution in [3.63, 3.8) is 0 Å². The Morgan fingerprint density at radius 1 is 1.28 bits per heavy atom. The van der Waals surface area contributed by atoms with Gasteiger partial charge in [0.25, 0.3) is 0 Å². The van der Waals surface area contributed by atoms with E-state index in [4.69, 9.17) is 0 Å².